The van der Waals surface area contributed by atoms with Crippen LogP contribution in [0.2, 0.25) is 0 Å². The van der Waals surface area contributed by atoms with Crippen LogP contribution in [-0.4, -0.2) is 65.8 Å². The molecule has 0 N–H and O–H groups in total. The normalized spacial score (nSPS) is 23.0. The van der Waals surface area contributed by atoms with Gasteiger partial charge in [0.05, 0.1) is 11.0 Å². The van der Waals surface area contributed by atoms with Crippen LogP contribution in [0.4, 0.5) is 0 Å². The van der Waals surface area contributed by atoms with Crippen molar-refractivity contribution in [2.45, 2.75) is 64.0 Å². The number of hydrogen-bond acceptors (Lipinski definition) is 4. The molecule has 2 aromatic rings. The smallest absolute Gasteiger partial charge is 0.308 e. The van der Waals surface area contributed by atoms with Crippen LogP contribution < -0.4 is 5.69 Å². The van der Waals surface area contributed by atoms with Gasteiger partial charge in [-0.2, -0.15) is 0 Å². The Bertz CT molecular complexity index is 1030. The molecule has 4 rings (SSSR count). The van der Waals surface area contributed by atoms with Crippen LogP contribution in [0.25, 0.3) is 21.5 Å². The van der Waals surface area contributed by atoms with Crippen LogP contribution in [-0.2, 0) is 6.54 Å². The van der Waals surface area contributed by atoms with E-state index in [0.717, 1.165) is 49.6 Å². The van der Waals surface area contributed by atoms with Crippen molar-refractivity contribution in [2.24, 2.45) is 17.0 Å². The molecule has 1 aromatic carbocycles. The molecule has 1 saturated carbocycles. The maximum absolute atomic E-state index is 13.7. The fraction of sp³-hybridized carbons (Fsp3) is 0.731. The van der Waals surface area contributed by atoms with Gasteiger partial charge in [-0.3, -0.25) is 9.13 Å². The van der Waals surface area contributed by atoms with Gasteiger partial charge in [-0.1, -0.05) is 49.4 Å². The van der Waals surface area contributed by atoms with Crippen LogP contribution in [0.5, 0.6) is 0 Å². The van der Waals surface area contributed by atoms with Crippen molar-refractivity contribution in [2.75, 3.05) is 46.8 Å². The molecule has 2 unspecified atom stereocenters. The standard InChI is InChI=1S/C26H41N7O/c1-30(2)16-17-32-24-12-8-9-13-25(24)33(26(32)34)23-14-15-31(20-22(23)18-28-29-27)19-21-10-6-4-3-5-7-11-21/h8-9,12-13,21-23H,3-7,10-11,14-20H2,1-2H3. The van der Waals surface area contributed by atoms with Gasteiger partial charge >= 0.3 is 5.69 Å². The predicted octanol–water partition coefficient (Wildman–Crippen LogP) is 4.90. The number of likely N-dealkylation sites (N-methyl/N-ethyl adjacent to an activating group) is 1. The maximum atomic E-state index is 13.7. The number of fused-ring (bicyclic) bond motifs is 1. The highest BCUT2D eigenvalue weighted by molar-refractivity contribution is 5.76. The second-order valence-corrected chi connectivity index (χ2v) is 10.6. The van der Waals surface area contributed by atoms with E-state index in [9.17, 15) is 4.79 Å². The molecule has 186 valence electrons. The summed E-state index contributed by atoms with van der Waals surface area (Å²) >= 11 is 0. The average Bonchev–Trinajstić information content (AvgIpc) is 3.09. The Morgan fingerprint density at radius 1 is 1.06 bits per heavy atom. The van der Waals surface area contributed by atoms with Crippen LogP contribution in [0.3, 0.4) is 0 Å². The molecule has 0 amide bonds. The summed E-state index contributed by atoms with van der Waals surface area (Å²) in [5.41, 5.74) is 11.1. The van der Waals surface area contributed by atoms with E-state index in [-0.39, 0.29) is 17.6 Å². The van der Waals surface area contributed by atoms with Gasteiger partial charge in [0.1, 0.15) is 0 Å². The molecule has 0 bridgehead atoms. The summed E-state index contributed by atoms with van der Waals surface area (Å²) in [4.78, 5) is 21.4. The molecule has 34 heavy (non-hydrogen) atoms. The van der Waals surface area contributed by atoms with Crippen LogP contribution in [0.15, 0.2) is 34.2 Å². The molecule has 2 fully saturated rings. The minimum absolute atomic E-state index is 0.0529. The largest absolute Gasteiger partial charge is 0.329 e. The molecule has 1 aliphatic heterocycles. The van der Waals surface area contributed by atoms with Crippen molar-refractivity contribution >= 4 is 11.0 Å². The summed E-state index contributed by atoms with van der Waals surface area (Å²) in [6.07, 6.45) is 10.4. The summed E-state index contributed by atoms with van der Waals surface area (Å²) < 4.78 is 3.93. The average molecular weight is 468 g/mol. The number of likely N-dealkylation sites (tertiary alicyclic amines) is 1. The number of nitrogens with zero attached hydrogens (tertiary/aromatic N) is 7. The van der Waals surface area contributed by atoms with Crippen molar-refractivity contribution in [3.8, 4) is 0 Å². The Kier molecular flexibility index (Phi) is 8.70. The van der Waals surface area contributed by atoms with Gasteiger partial charge < -0.3 is 9.80 Å². The Morgan fingerprint density at radius 3 is 2.47 bits per heavy atom. The Hall–Kier alpha value is -2.28. The van der Waals surface area contributed by atoms with Crippen LogP contribution in [0, 0.1) is 11.8 Å². The summed E-state index contributed by atoms with van der Waals surface area (Å²) in [6, 6.07) is 8.19. The molecular formula is C26H41N7O. The molecule has 2 aliphatic rings. The third-order valence-corrected chi connectivity index (χ3v) is 7.87. The van der Waals surface area contributed by atoms with Crippen molar-refractivity contribution in [3.05, 3.63) is 45.2 Å². The number of aromatic nitrogens is 2. The second kappa shape index (κ2) is 11.9. The van der Waals surface area contributed by atoms with Gasteiger partial charge in [0.25, 0.3) is 0 Å². The molecule has 8 heteroatoms. The highest BCUT2D eigenvalue weighted by Gasteiger charge is 2.33. The van der Waals surface area contributed by atoms with E-state index in [4.69, 9.17) is 5.53 Å². The minimum Gasteiger partial charge on any atom is -0.308 e. The fourth-order valence-electron chi connectivity index (χ4n) is 6.08. The first-order valence-corrected chi connectivity index (χ1v) is 13.2. The van der Waals surface area contributed by atoms with Gasteiger partial charge in [0.2, 0.25) is 0 Å². The van der Waals surface area contributed by atoms with E-state index in [1.54, 1.807) is 0 Å². The summed E-state index contributed by atoms with van der Waals surface area (Å²) in [5, 5.41) is 3.98. The van der Waals surface area contributed by atoms with Gasteiger partial charge in [0.15, 0.2) is 0 Å². The lowest BCUT2D eigenvalue weighted by Crippen LogP contribution is -2.46. The highest BCUT2D eigenvalue weighted by Crippen LogP contribution is 2.32. The zero-order chi connectivity index (χ0) is 23.9. The lowest BCUT2D eigenvalue weighted by Gasteiger charge is -2.40. The first-order valence-electron chi connectivity index (χ1n) is 13.2. The SMILES string of the molecule is CN(C)CCn1c(=O)n(C2CCN(CC3CCCCCCC3)CC2CN=[N+]=[N-])c2ccccc21. The number of azide groups is 1. The van der Waals surface area contributed by atoms with E-state index < -0.39 is 0 Å². The molecule has 1 saturated heterocycles. The van der Waals surface area contributed by atoms with Crippen molar-refractivity contribution < 1.29 is 0 Å². The van der Waals surface area contributed by atoms with Gasteiger partial charge in [0, 0.05) is 50.2 Å². The Labute approximate surface area is 203 Å². The number of benzene rings is 1. The zero-order valence-corrected chi connectivity index (χ0v) is 21.0. The third-order valence-electron chi connectivity index (χ3n) is 7.87. The van der Waals surface area contributed by atoms with Crippen LogP contribution >= 0.6 is 0 Å². The molecular weight excluding hydrogens is 426 g/mol. The van der Waals surface area contributed by atoms with E-state index >= 15 is 0 Å². The van der Waals surface area contributed by atoms with E-state index in [1.165, 1.54) is 44.9 Å². The van der Waals surface area contributed by atoms with Crippen molar-refractivity contribution in [1.82, 2.24) is 18.9 Å². The molecule has 1 aliphatic carbocycles. The highest BCUT2D eigenvalue weighted by atomic mass is 16.1. The number of hydrogen-bond donors (Lipinski definition) is 0. The van der Waals surface area contributed by atoms with Gasteiger partial charge in [-0.15, -0.1) is 0 Å². The first kappa shape index (κ1) is 24.8. The maximum Gasteiger partial charge on any atom is 0.329 e. The van der Waals surface area contributed by atoms with Crippen molar-refractivity contribution in [1.29, 1.82) is 0 Å². The van der Waals surface area contributed by atoms with E-state index in [0.29, 0.717) is 13.1 Å². The van der Waals surface area contributed by atoms with E-state index in [1.807, 2.05) is 35.4 Å². The molecule has 2 atom stereocenters. The van der Waals surface area contributed by atoms with Gasteiger partial charge in [-0.05, 0) is 62.9 Å². The molecule has 0 spiro atoms. The predicted molar refractivity (Wildman–Crippen MR) is 138 cm³/mol. The number of para-hydroxylation sites is 2. The number of rotatable bonds is 8. The monoisotopic (exact) mass is 467 g/mol. The van der Waals surface area contributed by atoms with Crippen LogP contribution in [0.1, 0.15) is 57.4 Å². The number of imidazole rings is 1. The summed E-state index contributed by atoms with van der Waals surface area (Å²) in [5.74, 6) is 0.914. The van der Waals surface area contributed by atoms with E-state index in [2.05, 4.69) is 32.0 Å². The number of piperidine rings is 1. The Balaban J connectivity index is 1.58. The summed E-state index contributed by atoms with van der Waals surface area (Å²) in [7, 11) is 4.07. The van der Waals surface area contributed by atoms with Gasteiger partial charge in [-0.25, -0.2) is 4.79 Å². The topological polar surface area (TPSA) is 82.2 Å². The fourth-order valence-corrected chi connectivity index (χ4v) is 6.08. The zero-order valence-electron chi connectivity index (χ0n) is 21.0. The lowest BCUT2D eigenvalue weighted by atomic mass is 9.88. The second-order valence-electron chi connectivity index (χ2n) is 10.6. The molecule has 8 nitrogen and oxygen atoms in total. The lowest BCUT2D eigenvalue weighted by molar-refractivity contribution is 0.105. The molecule has 0 radical (unpaired) electrons. The molecule has 1 aromatic heterocycles. The molecule has 2 heterocycles. The Morgan fingerprint density at radius 2 is 1.76 bits per heavy atom. The first-order chi connectivity index (χ1) is 16.6. The minimum atomic E-state index is 0.0529. The quantitative estimate of drug-likeness (QED) is 0.315. The third kappa shape index (κ3) is 5.85. The van der Waals surface area contributed by atoms with Crippen molar-refractivity contribution in [3.63, 3.8) is 0 Å². The summed E-state index contributed by atoms with van der Waals surface area (Å²) in [6.45, 7) is 4.95.